The van der Waals surface area contributed by atoms with Gasteiger partial charge in [0.15, 0.2) is 15.6 Å². The average Bonchev–Trinajstić information content (AvgIpc) is 3.13. The van der Waals surface area contributed by atoms with E-state index in [1.807, 2.05) is 30.3 Å². The number of aliphatic hydroxyl groups is 1. The first-order chi connectivity index (χ1) is 15.2. The van der Waals surface area contributed by atoms with Gasteiger partial charge in [-0.05, 0) is 54.1 Å². The number of anilines is 1. The van der Waals surface area contributed by atoms with Crippen LogP contribution in [0.15, 0.2) is 88.8 Å². The zero-order valence-electron chi connectivity index (χ0n) is 17.3. The highest BCUT2D eigenvalue weighted by Gasteiger charge is 2.44. The van der Waals surface area contributed by atoms with Crippen molar-refractivity contribution in [1.82, 2.24) is 0 Å². The van der Waals surface area contributed by atoms with E-state index in [1.165, 1.54) is 12.1 Å². The molecule has 3 aromatic carbocycles. The van der Waals surface area contributed by atoms with Crippen molar-refractivity contribution < 1.29 is 18.3 Å². The largest absolute Gasteiger partial charge is 0.362 e. The Hall–Kier alpha value is -3.00. The maximum atomic E-state index is 13.0. The molecule has 0 aliphatic carbocycles. The van der Waals surface area contributed by atoms with Crippen molar-refractivity contribution in [3.63, 3.8) is 0 Å². The lowest BCUT2D eigenvalue weighted by atomic mass is 10.0. The van der Waals surface area contributed by atoms with Crippen LogP contribution in [0.1, 0.15) is 11.1 Å². The number of halogens is 1. The molecular formula is C24H21ClN2O4S. The van der Waals surface area contributed by atoms with Gasteiger partial charge >= 0.3 is 0 Å². The molecule has 0 radical (unpaired) electrons. The van der Waals surface area contributed by atoms with Gasteiger partial charge in [-0.1, -0.05) is 41.9 Å². The van der Waals surface area contributed by atoms with Crippen molar-refractivity contribution in [2.75, 3.05) is 17.7 Å². The molecule has 0 amide bonds. The van der Waals surface area contributed by atoms with Crippen LogP contribution in [0, 0.1) is 0 Å². The van der Waals surface area contributed by atoms with E-state index in [9.17, 15) is 18.3 Å². The van der Waals surface area contributed by atoms with Gasteiger partial charge in [0, 0.05) is 29.0 Å². The lowest BCUT2D eigenvalue weighted by Crippen LogP contribution is -2.43. The number of carbonyl (C=O) groups excluding carboxylic acids is 1. The fourth-order valence-electron chi connectivity index (χ4n) is 3.55. The summed E-state index contributed by atoms with van der Waals surface area (Å²) in [5.41, 5.74) is 0.116. The van der Waals surface area contributed by atoms with E-state index in [4.69, 9.17) is 11.6 Å². The maximum Gasteiger partial charge on any atom is 0.236 e. The second-order valence-electron chi connectivity index (χ2n) is 7.70. The quantitative estimate of drug-likeness (QED) is 0.598. The van der Waals surface area contributed by atoms with E-state index in [0.29, 0.717) is 22.1 Å². The Morgan fingerprint density at radius 2 is 1.66 bits per heavy atom. The smallest absolute Gasteiger partial charge is 0.236 e. The number of amidine groups is 1. The average molecular weight is 469 g/mol. The normalized spacial score (nSPS) is 18.5. The molecule has 6 nitrogen and oxygen atoms in total. The van der Waals surface area contributed by atoms with Crippen molar-refractivity contribution in [1.29, 1.82) is 0 Å². The highest BCUT2D eigenvalue weighted by molar-refractivity contribution is 7.90. The number of hydrogen-bond donors (Lipinski definition) is 1. The van der Waals surface area contributed by atoms with Crippen molar-refractivity contribution >= 4 is 38.7 Å². The van der Waals surface area contributed by atoms with Crippen molar-refractivity contribution in [2.45, 2.75) is 17.0 Å². The van der Waals surface area contributed by atoms with Gasteiger partial charge in [0.25, 0.3) is 0 Å². The van der Waals surface area contributed by atoms with Crippen LogP contribution in [0.5, 0.6) is 0 Å². The molecule has 0 saturated carbocycles. The highest BCUT2D eigenvalue weighted by atomic mass is 35.5. The summed E-state index contributed by atoms with van der Waals surface area (Å²) in [7, 11) is -3.35. The molecule has 4 rings (SSSR count). The van der Waals surface area contributed by atoms with Crippen LogP contribution in [0.3, 0.4) is 0 Å². The third-order valence-electron chi connectivity index (χ3n) is 5.26. The number of hydrogen-bond acceptors (Lipinski definition) is 6. The molecule has 1 atom stereocenters. The Morgan fingerprint density at radius 1 is 1.03 bits per heavy atom. The summed E-state index contributed by atoms with van der Waals surface area (Å²) in [6, 6.07) is 22.3. The lowest BCUT2D eigenvalue weighted by Gasteiger charge is -2.24. The molecule has 0 spiro atoms. The number of nitrogens with zero attached hydrogens (tertiary/aromatic N) is 2. The van der Waals surface area contributed by atoms with Gasteiger partial charge in [-0.25, -0.2) is 13.4 Å². The fourth-order valence-corrected chi connectivity index (χ4v) is 4.30. The van der Waals surface area contributed by atoms with Gasteiger partial charge < -0.3 is 10.0 Å². The molecule has 0 fully saturated rings. The number of carbonyl (C=O) groups is 1. The molecule has 0 saturated heterocycles. The molecular weight excluding hydrogens is 448 g/mol. The third kappa shape index (κ3) is 4.60. The third-order valence-corrected chi connectivity index (χ3v) is 6.64. The molecule has 3 aromatic rings. The van der Waals surface area contributed by atoms with E-state index in [0.717, 1.165) is 11.8 Å². The van der Waals surface area contributed by atoms with Crippen molar-refractivity contribution in [3.8, 4) is 0 Å². The van der Waals surface area contributed by atoms with Gasteiger partial charge in [-0.3, -0.25) is 4.79 Å². The van der Waals surface area contributed by atoms with Crippen molar-refractivity contribution in [2.24, 2.45) is 4.99 Å². The summed E-state index contributed by atoms with van der Waals surface area (Å²) >= 11 is 6.01. The van der Waals surface area contributed by atoms with Crippen LogP contribution >= 0.6 is 11.6 Å². The first-order valence-corrected chi connectivity index (χ1v) is 12.2. The summed E-state index contributed by atoms with van der Waals surface area (Å²) in [6.07, 6.45) is 1.18. The van der Waals surface area contributed by atoms with E-state index in [2.05, 4.69) is 4.99 Å². The second-order valence-corrected chi connectivity index (χ2v) is 10.1. The van der Waals surface area contributed by atoms with Gasteiger partial charge in [0.2, 0.25) is 5.72 Å². The Labute approximate surface area is 191 Å². The van der Waals surface area contributed by atoms with Crippen LogP contribution < -0.4 is 4.90 Å². The molecule has 1 aliphatic heterocycles. The van der Waals surface area contributed by atoms with Crippen LogP contribution in [-0.4, -0.2) is 43.7 Å². The maximum absolute atomic E-state index is 13.0. The number of ketones is 1. The predicted molar refractivity (Wildman–Crippen MR) is 125 cm³/mol. The molecule has 1 heterocycles. The van der Waals surface area contributed by atoms with E-state index < -0.39 is 21.3 Å². The van der Waals surface area contributed by atoms with Gasteiger partial charge in [0.05, 0.1) is 11.4 Å². The zero-order chi connectivity index (χ0) is 22.9. The van der Waals surface area contributed by atoms with Crippen LogP contribution in [0.25, 0.3) is 0 Å². The number of benzene rings is 3. The topological polar surface area (TPSA) is 87.0 Å². The standard InChI is InChI=1S/C24H21ClN2O4S/c1-32(30,31)21-13-11-20(12-14-21)27-16-24(29,22(28)15-17-5-3-2-4-6-17)26-23(27)18-7-9-19(25)10-8-18/h2-14,29H,15-16H2,1H3. The number of sulfone groups is 1. The first kappa shape index (κ1) is 22.2. The Kier molecular flexibility index (Phi) is 5.90. The number of β-amino-alcohol motifs (C(OH)–C–C–N with tert-alkyl or cyclic N) is 1. The molecule has 1 aliphatic rings. The number of aliphatic imine (C=N–C) groups is 1. The van der Waals surface area contributed by atoms with Crippen LogP contribution in [0.2, 0.25) is 5.02 Å². The number of rotatable bonds is 6. The van der Waals surface area contributed by atoms with E-state index in [1.54, 1.807) is 41.3 Å². The highest BCUT2D eigenvalue weighted by Crippen LogP contribution is 2.30. The number of Topliss-reactive ketones (excluding diaryl/α,β-unsaturated/α-hetero) is 1. The monoisotopic (exact) mass is 468 g/mol. The summed E-state index contributed by atoms with van der Waals surface area (Å²) in [5, 5.41) is 11.8. The zero-order valence-corrected chi connectivity index (χ0v) is 18.8. The van der Waals surface area contributed by atoms with Crippen molar-refractivity contribution in [3.05, 3.63) is 95.0 Å². The predicted octanol–water partition coefficient (Wildman–Crippen LogP) is 3.51. The molecule has 0 aromatic heterocycles. The summed E-state index contributed by atoms with van der Waals surface area (Å²) in [5.74, 6) is -0.0249. The van der Waals surface area contributed by atoms with Crippen LogP contribution in [-0.2, 0) is 21.1 Å². The summed E-state index contributed by atoms with van der Waals surface area (Å²) in [4.78, 5) is 19.4. The molecule has 32 heavy (non-hydrogen) atoms. The summed E-state index contributed by atoms with van der Waals surface area (Å²) < 4.78 is 23.6. The molecule has 8 heteroatoms. The molecule has 0 bridgehead atoms. The lowest BCUT2D eigenvalue weighted by molar-refractivity contribution is -0.134. The fraction of sp³-hybridized carbons (Fsp3) is 0.167. The minimum absolute atomic E-state index is 0.0373. The minimum Gasteiger partial charge on any atom is -0.362 e. The van der Waals surface area contributed by atoms with Gasteiger partial charge in [-0.15, -0.1) is 0 Å². The minimum atomic E-state index is -3.35. The van der Waals surface area contributed by atoms with Gasteiger partial charge in [-0.2, -0.15) is 0 Å². The SMILES string of the molecule is CS(=O)(=O)c1ccc(N2CC(O)(C(=O)Cc3ccccc3)N=C2c2ccc(Cl)cc2)cc1. The molecule has 1 unspecified atom stereocenters. The van der Waals surface area contributed by atoms with E-state index >= 15 is 0 Å². The summed E-state index contributed by atoms with van der Waals surface area (Å²) in [6.45, 7) is -0.0884. The van der Waals surface area contributed by atoms with Crippen LogP contribution in [0.4, 0.5) is 5.69 Å². The molecule has 164 valence electrons. The Morgan fingerprint density at radius 3 is 2.25 bits per heavy atom. The van der Waals surface area contributed by atoms with E-state index in [-0.39, 0.29) is 17.9 Å². The first-order valence-electron chi connectivity index (χ1n) is 9.89. The second kappa shape index (κ2) is 8.50. The van der Waals surface area contributed by atoms with Gasteiger partial charge in [0.1, 0.15) is 5.84 Å². The Bertz CT molecular complexity index is 1270. The molecule has 1 N–H and O–H groups in total. The Balaban J connectivity index is 1.71.